The molecule has 2 amide bonds. The van der Waals surface area contributed by atoms with E-state index in [0.717, 1.165) is 28.7 Å². The molecule has 2 aromatic carbocycles. The topological polar surface area (TPSA) is 151 Å². The number of esters is 2. The Hall–Kier alpha value is -4.40. The first kappa shape index (κ1) is 34.5. The molecule has 46 heavy (non-hydrogen) atoms. The molecule has 0 unspecified atom stereocenters. The number of hydrogen-bond donors (Lipinski definition) is 2. The van der Waals surface area contributed by atoms with Gasteiger partial charge in [0.15, 0.2) is 11.0 Å². The van der Waals surface area contributed by atoms with Gasteiger partial charge in [-0.2, -0.15) is 0 Å². The number of benzene rings is 2. The zero-order chi connectivity index (χ0) is 33.2. The number of nitrogens with one attached hydrogen (secondary N) is 2. The third-order valence-electron chi connectivity index (χ3n) is 6.41. The number of carbonyl (C=O) groups excluding carboxylic acids is 4. The summed E-state index contributed by atoms with van der Waals surface area (Å²) >= 11 is 8.31. The summed E-state index contributed by atoms with van der Waals surface area (Å²) in [6.07, 6.45) is 0.158. The van der Waals surface area contributed by atoms with Gasteiger partial charge in [-0.3, -0.25) is 14.2 Å². The van der Waals surface area contributed by atoms with Crippen LogP contribution in [0.2, 0.25) is 5.02 Å². The molecule has 2 aromatic heterocycles. The average Bonchev–Trinajstić information content (AvgIpc) is 3.59. The highest BCUT2D eigenvalue weighted by atomic mass is 35.5. The van der Waals surface area contributed by atoms with Gasteiger partial charge in [-0.25, -0.2) is 9.59 Å². The number of anilines is 1. The summed E-state index contributed by atoms with van der Waals surface area (Å²) in [6.45, 7) is 5.29. The molecule has 4 aromatic rings. The lowest BCUT2D eigenvalue weighted by Crippen LogP contribution is -2.26. The molecule has 0 saturated carbocycles. The molecule has 0 bridgehead atoms. The Bertz CT molecular complexity index is 1720. The molecule has 12 nitrogen and oxygen atoms in total. The van der Waals surface area contributed by atoms with E-state index in [0.29, 0.717) is 33.0 Å². The number of thiophene rings is 1. The minimum absolute atomic E-state index is 0.0647. The molecule has 0 spiro atoms. The van der Waals surface area contributed by atoms with Crippen LogP contribution >= 0.6 is 34.7 Å². The number of methoxy groups -OCH3 is 1. The van der Waals surface area contributed by atoms with E-state index in [1.54, 1.807) is 68.8 Å². The van der Waals surface area contributed by atoms with Crippen molar-refractivity contribution in [2.75, 3.05) is 31.4 Å². The lowest BCUT2D eigenvalue weighted by atomic mass is 10.1. The second-order valence-electron chi connectivity index (χ2n) is 9.55. The molecule has 4 rings (SSSR count). The van der Waals surface area contributed by atoms with Gasteiger partial charge in [0.05, 0.1) is 50.3 Å². The van der Waals surface area contributed by atoms with E-state index in [9.17, 15) is 19.2 Å². The molecule has 242 valence electrons. The van der Waals surface area contributed by atoms with E-state index in [-0.39, 0.29) is 53.3 Å². The fourth-order valence-corrected chi connectivity index (χ4v) is 6.35. The summed E-state index contributed by atoms with van der Waals surface area (Å²) < 4.78 is 17.1. The number of carbonyl (C=O) groups is 4. The van der Waals surface area contributed by atoms with Gasteiger partial charge in [-0.1, -0.05) is 41.6 Å². The molecule has 0 fully saturated rings. The minimum Gasteiger partial charge on any atom is -0.497 e. The Balaban J connectivity index is 1.50. The standard InChI is InChI=1S/C31H32ClN5O7S2/c1-5-43-29(40)26-18(3)27(30(41)44-6-2)46-28(26)34-25(39)17-45-31-36-35-23(37(31)21-9-7-8-20(32)15-21)16-33-24(38)14-19-10-12-22(42-4)13-11-19/h7-13,15H,5-6,14,16-17H2,1-4H3,(H,33,38)(H,34,39). The summed E-state index contributed by atoms with van der Waals surface area (Å²) in [5.41, 5.74) is 1.92. The van der Waals surface area contributed by atoms with Gasteiger partial charge in [0.25, 0.3) is 0 Å². The number of amides is 2. The highest BCUT2D eigenvalue weighted by molar-refractivity contribution is 7.99. The summed E-state index contributed by atoms with van der Waals surface area (Å²) in [6, 6.07) is 14.2. The van der Waals surface area contributed by atoms with Crippen LogP contribution in [-0.4, -0.2) is 64.6 Å². The molecule has 0 aliphatic rings. The maximum Gasteiger partial charge on any atom is 0.348 e. The molecule has 2 heterocycles. The van der Waals surface area contributed by atoms with Crippen molar-refractivity contribution in [1.82, 2.24) is 20.1 Å². The molecule has 0 saturated heterocycles. The first-order valence-electron chi connectivity index (χ1n) is 14.1. The second-order valence-corrected chi connectivity index (χ2v) is 12.0. The molecular formula is C31H32ClN5O7S2. The molecule has 0 radical (unpaired) electrons. The summed E-state index contributed by atoms with van der Waals surface area (Å²) in [5.74, 6) is -0.920. The number of ether oxygens (including phenoxy) is 3. The predicted molar refractivity (Wildman–Crippen MR) is 175 cm³/mol. The van der Waals surface area contributed by atoms with E-state index < -0.39 is 17.8 Å². The Morgan fingerprint density at radius 3 is 2.37 bits per heavy atom. The molecule has 0 atom stereocenters. The van der Waals surface area contributed by atoms with Crippen LogP contribution in [0.25, 0.3) is 5.69 Å². The van der Waals surface area contributed by atoms with Crippen molar-refractivity contribution in [2.24, 2.45) is 0 Å². The zero-order valence-electron chi connectivity index (χ0n) is 25.5. The lowest BCUT2D eigenvalue weighted by molar-refractivity contribution is -0.120. The Morgan fingerprint density at radius 1 is 0.978 bits per heavy atom. The number of hydrogen-bond acceptors (Lipinski definition) is 11. The van der Waals surface area contributed by atoms with Crippen LogP contribution in [-0.2, 0) is 32.0 Å². The lowest BCUT2D eigenvalue weighted by Gasteiger charge is -2.12. The van der Waals surface area contributed by atoms with Crippen molar-refractivity contribution in [2.45, 2.75) is 38.9 Å². The van der Waals surface area contributed by atoms with Crippen LogP contribution in [0.3, 0.4) is 0 Å². The van der Waals surface area contributed by atoms with Gasteiger partial charge < -0.3 is 24.8 Å². The molecule has 2 N–H and O–H groups in total. The van der Waals surface area contributed by atoms with Crippen molar-refractivity contribution >= 4 is 63.5 Å². The summed E-state index contributed by atoms with van der Waals surface area (Å²) in [7, 11) is 1.58. The number of aromatic nitrogens is 3. The number of rotatable bonds is 14. The van der Waals surface area contributed by atoms with Crippen LogP contribution in [0.1, 0.15) is 50.8 Å². The van der Waals surface area contributed by atoms with Crippen LogP contribution in [0.15, 0.2) is 53.7 Å². The highest BCUT2D eigenvalue weighted by Gasteiger charge is 2.27. The van der Waals surface area contributed by atoms with Gasteiger partial charge >= 0.3 is 11.9 Å². The van der Waals surface area contributed by atoms with Gasteiger partial charge in [-0.05, 0) is 62.2 Å². The zero-order valence-corrected chi connectivity index (χ0v) is 27.9. The van der Waals surface area contributed by atoms with E-state index >= 15 is 0 Å². The Morgan fingerprint density at radius 2 is 1.70 bits per heavy atom. The van der Waals surface area contributed by atoms with Crippen LogP contribution in [0.5, 0.6) is 5.75 Å². The van der Waals surface area contributed by atoms with Crippen molar-refractivity contribution in [3.05, 3.63) is 80.9 Å². The summed E-state index contributed by atoms with van der Waals surface area (Å²) in [4.78, 5) is 51.3. The normalized spacial score (nSPS) is 10.7. The van der Waals surface area contributed by atoms with Gasteiger partial charge in [0.1, 0.15) is 15.6 Å². The second kappa shape index (κ2) is 16.2. The fourth-order valence-electron chi connectivity index (χ4n) is 4.29. The van der Waals surface area contributed by atoms with Gasteiger partial charge in [0, 0.05) is 5.02 Å². The van der Waals surface area contributed by atoms with Crippen LogP contribution < -0.4 is 15.4 Å². The molecule has 15 heteroatoms. The highest BCUT2D eigenvalue weighted by Crippen LogP contribution is 2.35. The van der Waals surface area contributed by atoms with Gasteiger partial charge in [0.2, 0.25) is 11.8 Å². The smallest absolute Gasteiger partial charge is 0.348 e. The predicted octanol–water partition coefficient (Wildman–Crippen LogP) is 5.24. The van der Waals surface area contributed by atoms with Crippen molar-refractivity contribution in [3.63, 3.8) is 0 Å². The number of thioether (sulfide) groups is 1. The quantitative estimate of drug-likeness (QED) is 0.133. The Kier molecular flexibility index (Phi) is 12.2. The first-order valence-corrected chi connectivity index (χ1v) is 16.3. The fraction of sp³-hybridized carbons (Fsp3) is 0.290. The van der Waals surface area contributed by atoms with Crippen molar-refractivity contribution in [1.29, 1.82) is 0 Å². The van der Waals surface area contributed by atoms with Crippen LogP contribution in [0.4, 0.5) is 5.00 Å². The third-order valence-corrected chi connectivity index (χ3v) is 8.76. The van der Waals surface area contributed by atoms with Crippen molar-refractivity contribution in [3.8, 4) is 11.4 Å². The monoisotopic (exact) mass is 685 g/mol. The van der Waals surface area contributed by atoms with Crippen LogP contribution in [0, 0.1) is 6.92 Å². The maximum atomic E-state index is 13.1. The molecule has 0 aliphatic carbocycles. The van der Waals surface area contributed by atoms with Crippen molar-refractivity contribution < 1.29 is 33.4 Å². The Labute approximate surface area is 278 Å². The first-order chi connectivity index (χ1) is 22.1. The summed E-state index contributed by atoms with van der Waals surface area (Å²) in [5, 5.41) is 15.2. The third kappa shape index (κ3) is 8.65. The SMILES string of the molecule is CCOC(=O)c1sc(NC(=O)CSc2nnc(CNC(=O)Cc3ccc(OC)cc3)n2-c2cccc(Cl)c2)c(C(=O)OCC)c1C. The van der Waals surface area contributed by atoms with Gasteiger partial charge in [-0.15, -0.1) is 21.5 Å². The minimum atomic E-state index is -0.658. The maximum absolute atomic E-state index is 13.1. The average molecular weight is 686 g/mol. The van der Waals surface area contributed by atoms with E-state index in [2.05, 4.69) is 20.8 Å². The van der Waals surface area contributed by atoms with E-state index in [1.807, 2.05) is 12.1 Å². The molecular weight excluding hydrogens is 654 g/mol. The number of halogens is 1. The van der Waals surface area contributed by atoms with E-state index in [1.165, 1.54) is 0 Å². The largest absolute Gasteiger partial charge is 0.497 e. The molecule has 0 aliphatic heterocycles. The van der Waals surface area contributed by atoms with E-state index in [4.69, 9.17) is 25.8 Å². The number of nitrogens with zero attached hydrogens (tertiary/aromatic N) is 3.